The number of carbonyl (C=O) groups is 1. The standard InChI is InChI=1S/C26H23FN2O/c1-16-9-11-17(12-10-16)19-14-23-25(24(30)15-19)26(18-5-4-6-20(27)13-18)29-22-8-3-2-7-21(22)28-23/h2-14,19,25-26,28-29H,15H2,1H3. The number of para-hydroxylation sites is 2. The second-order valence-corrected chi connectivity index (χ2v) is 8.13. The molecule has 0 fully saturated rings. The van der Waals surface area contributed by atoms with E-state index < -0.39 is 5.92 Å². The number of aryl methyl sites for hydroxylation is 1. The van der Waals surface area contributed by atoms with E-state index in [9.17, 15) is 9.18 Å². The Morgan fingerprint density at radius 1 is 0.900 bits per heavy atom. The number of allylic oxidation sites excluding steroid dienone is 1. The van der Waals surface area contributed by atoms with Crippen molar-refractivity contribution in [3.63, 3.8) is 0 Å². The van der Waals surface area contributed by atoms with E-state index in [1.807, 2.05) is 30.3 Å². The second-order valence-electron chi connectivity index (χ2n) is 8.13. The predicted octanol–water partition coefficient (Wildman–Crippen LogP) is 5.97. The monoisotopic (exact) mass is 398 g/mol. The van der Waals surface area contributed by atoms with Gasteiger partial charge < -0.3 is 10.6 Å². The van der Waals surface area contributed by atoms with Crippen LogP contribution in [0.5, 0.6) is 0 Å². The van der Waals surface area contributed by atoms with Gasteiger partial charge in [0.2, 0.25) is 0 Å². The molecule has 2 N–H and O–H groups in total. The normalized spacial score (nSPS) is 22.7. The number of hydrogen-bond acceptors (Lipinski definition) is 3. The molecular weight excluding hydrogens is 375 g/mol. The van der Waals surface area contributed by atoms with E-state index in [0.717, 1.165) is 28.2 Å². The summed E-state index contributed by atoms with van der Waals surface area (Å²) in [5, 5.41) is 7.01. The number of halogens is 1. The summed E-state index contributed by atoms with van der Waals surface area (Å²) in [6.45, 7) is 2.06. The average Bonchev–Trinajstić information content (AvgIpc) is 2.91. The molecular formula is C26H23FN2O. The smallest absolute Gasteiger partial charge is 0.145 e. The van der Waals surface area contributed by atoms with Crippen molar-refractivity contribution in [2.75, 3.05) is 10.6 Å². The molecule has 3 aromatic carbocycles. The molecule has 0 amide bonds. The van der Waals surface area contributed by atoms with Crippen LogP contribution in [-0.2, 0) is 4.79 Å². The second kappa shape index (κ2) is 7.45. The highest BCUT2D eigenvalue weighted by atomic mass is 19.1. The molecule has 4 heteroatoms. The van der Waals surface area contributed by atoms with Crippen LogP contribution in [0.4, 0.5) is 15.8 Å². The van der Waals surface area contributed by atoms with Crippen LogP contribution in [0, 0.1) is 18.7 Å². The van der Waals surface area contributed by atoms with E-state index >= 15 is 0 Å². The van der Waals surface area contributed by atoms with Crippen LogP contribution in [-0.4, -0.2) is 5.78 Å². The molecule has 0 bridgehead atoms. The number of ketones is 1. The van der Waals surface area contributed by atoms with Crippen LogP contribution in [0.15, 0.2) is 84.6 Å². The van der Waals surface area contributed by atoms with E-state index in [4.69, 9.17) is 0 Å². The summed E-state index contributed by atoms with van der Waals surface area (Å²) in [4.78, 5) is 13.4. The van der Waals surface area contributed by atoms with Crippen molar-refractivity contribution >= 4 is 17.2 Å². The van der Waals surface area contributed by atoms with Gasteiger partial charge in [-0.25, -0.2) is 4.39 Å². The van der Waals surface area contributed by atoms with Gasteiger partial charge in [-0.15, -0.1) is 0 Å². The third-order valence-electron chi connectivity index (χ3n) is 6.05. The Balaban J connectivity index is 1.62. The summed E-state index contributed by atoms with van der Waals surface area (Å²) in [5.74, 6) is -0.526. The lowest BCUT2D eigenvalue weighted by Gasteiger charge is -2.32. The molecule has 1 aliphatic heterocycles. The van der Waals surface area contributed by atoms with E-state index in [-0.39, 0.29) is 23.6 Å². The minimum absolute atomic E-state index is 0.0234. The Bertz CT molecular complexity index is 1140. The van der Waals surface area contributed by atoms with Gasteiger partial charge in [-0.05, 0) is 42.3 Å². The summed E-state index contributed by atoms with van der Waals surface area (Å²) in [6, 6.07) is 22.4. The van der Waals surface area contributed by atoms with Crippen molar-refractivity contribution in [1.29, 1.82) is 0 Å². The van der Waals surface area contributed by atoms with Gasteiger partial charge in [0.1, 0.15) is 11.6 Å². The van der Waals surface area contributed by atoms with Crippen molar-refractivity contribution in [1.82, 2.24) is 0 Å². The molecule has 1 heterocycles. The largest absolute Gasteiger partial charge is 0.375 e. The Hall–Kier alpha value is -3.40. The Kier molecular flexibility index (Phi) is 4.62. The van der Waals surface area contributed by atoms with E-state index in [1.165, 1.54) is 17.7 Å². The topological polar surface area (TPSA) is 41.1 Å². The predicted molar refractivity (Wildman–Crippen MR) is 118 cm³/mol. The van der Waals surface area contributed by atoms with Crippen LogP contribution in [0.1, 0.15) is 35.1 Å². The molecule has 2 aliphatic rings. The lowest BCUT2D eigenvalue weighted by molar-refractivity contribution is -0.122. The SMILES string of the molecule is Cc1ccc(C2C=C3Nc4ccccc4NC(c4cccc(F)c4)C3C(=O)C2)cc1. The fourth-order valence-corrected chi connectivity index (χ4v) is 4.51. The maximum absolute atomic E-state index is 14.0. The van der Waals surface area contributed by atoms with E-state index in [0.29, 0.717) is 6.42 Å². The minimum atomic E-state index is -0.402. The Morgan fingerprint density at radius 2 is 1.67 bits per heavy atom. The number of nitrogens with one attached hydrogen (secondary N) is 2. The number of benzene rings is 3. The first-order valence-corrected chi connectivity index (χ1v) is 10.3. The van der Waals surface area contributed by atoms with Crippen LogP contribution < -0.4 is 10.6 Å². The molecule has 3 nitrogen and oxygen atoms in total. The van der Waals surface area contributed by atoms with Gasteiger partial charge >= 0.3 is 0 Å². The highest BCUT2D eigenvalue weighted by molar-refractivity contribution is 5.90. The zero-order valence-corrected chi connectivity index (χ0v) is 16.7. The van der Waals surface area contributed by atoms with Crippen LogP contribution >= 0.6 is 0 Å². The van der Waals surface area contributed by atoms with Crippen LogP contribution in [0.2, 0.25) is 0 Å². The Labute approximate surface area is 175 Å². The fourth-order valence-electron chi connectivity index (χ4n) is 4.51. The van der Waals surface area contributed by atoms with Gasteiger partial charge in [-0.3, -0.25) is 4.79 Å². The molecule has 5 rings (SSSR count). The minimum Gasteiger partial charge on any atom is -0.375 e. The van der Waals surface area contributed by atoms with Crippen molar-refractivity contribution in [2.45, 2.75) is 25.3 Å². The van der Waals surface area contributed by atoms with Gasteiger partial charge in [0.05, 0.1) is 23.3 Å². The molecule has 0 saturated heterocycles. The molecule has 0 aromatic heterocycles. The first-order chi connectivity index (χ1) is 14.6. The molecule has 0 spiro atoms. The fraction of sp³-hybridized carbons (Fsp3) is 0.192. The van der Waals surface area contributed by atoms with Crippen molar-refractivity contribution in [2.24, 2.45) is 5.92 Å². The number of fused-ring (bicyclic) bond motifs is 2. The quantitative estimate of drug-likeness (QED) is 0.559. The molecule has 3 unspecified atom stereocenters. The molecule has 30 heavy (non-hydrogen) atoms. The van der Waals surface area contributed by atoms with Gasteiger partial charge in [0.15, 0.2) is 0 Å². The zero-order chi connectivity index (χ0) is 20.7. The number of Topliss-reactive ketones (excluding diaryl/α,β-unsaturated/α-hetero) is 1. The Morgan fingerprint density at radius 3 is 2.43 bits per heavy atom. The highest BCUT2D eigenvalue weighted by Gasteiger charge is 2.39. The lowest BCUT2D eigenvalue weighted by atomic mass is 9.76. The molecule has 0 radical (unpaired) electrons. The maximum atomic E-state index is 14.0. The van der Waals surface area contributed by atoms with Gasteiger partial charge in [-0.2, -0.15) is 0 Å². The lowest BCUT2D eigenvalue weighted by Crippen LogP contribution is -2.33. The van der Waals surface area contributed by atoms with E-state index in [2.05, 4.69) is 47.9 Å². The summed E-state index contributed by atoms with van der Waals surface area (Å²) in [7, 11) is 0. The molecule has 0 saturated carbocycles. The first kappa shape index (κ1) is 18.6. The molecule has 3 atom stereocenters. The number of carbonyl (C=O) groups excluding carboxylic acids is 1. The van der Waals surface area contributed by atoms with E-state index in [1.54, 1.807) is 6.07 Å². The van der Waals surface area contributed by atoms with Gasteiger partial charge in [0.25, 0.3) is 0 Å². The summed E-state index contributed by atoms with van der Waals surface area (Å²) < 4.78 is 14.0. The van der Waals surface area contributed by atoms with Crippen molar-refractivity contribution < 1.29 is 9.18 Å². The number of anilines is 2. The zero-order valence-electron chi connectivity index (χ0n) is 16.7. The maximum Gasteiger partial charge on any atom is 0.145 e. The van der Waals surface area contributed by atoms with Gasteiger partial charge in [-0.1, -0.05) is 60.2 Å². The first-order valence-electron chi connectivity index (χ1n) is 10.3. The van der Waals surface area contributed by atoms with Crippen LogP contribution in [0.3, 0.4) is 0 Å². The summed E-state index contributed by atoms with van der Waals surface area (Å²) in [5.41, 5.74) is 5.81. The van der Waals surface area contributed by atoms with Crippen LogP contribution in [0.25, 0.3) is 0 Å². The summed E-state index contributed by atoms with van der Waals surface area (Å²) in [6.07, 6.45) is 2.61. The van der Waals surface area contributed by atoms with Gasteiger partial charge in [0, 0.05) is 18.0 Å². The molecule has 1 aliphatic carbocycles. The van der Waals surface area contributed by atoms with Crippen molar-refractivity contribution in [3.05, 3.63) is 107 Å². The summed E-state index contributed by atoms with van der Waals surface area (Å²) >= 11 is 0. The van der Waals surface area contributed by atoms with Crippen molar-refractivity contribution in [3.8, 4) is 0 Å². The highest BCUT2D eigenvalue weighted by Crippen LogP contribution is 2.44. The molecule has 150 valence electrons. The number of hydrogen-bond donors (Lipinski definition) is 2. The average molecular weight is 398 g/mol. The number of rotatable bonds is 2. The third-order valence-corrected chi connectivity index (χ3v) is 6.05. The third kappa shape index (κ3) is 3.39. The molecule has 3 aromatic rings.